The normalized spacial score (nSPS) is 13.8. The van der Waals surface area contributed by atoms with Crippen molar-refractivity contribution in [2.45, 2.75) is 46.7 Å². The molecule has 2 aromatic heterocycles. The van der Waals surface area contributed by atoms with E-state index in [9.17, 15) is 4.79 Å². The number of aromatic nitrogens is 2. The minimum absolute atomic E-state index is 0.0140. The quantitative estimate of drug-likeness (QED) is 0.671. The van der Waals surface area contributed by atoms with Crippen LogP contribution >= 0.6 is 11.3 Å². The van der Waals surface area contributed by atoms with Gasteiger partial charge in [0.15, 0.2) is 5.82 Å². The van der Waals surface area contributed by atoms with Crippen LogP contribution in [0.1, 0.15) is 42.1 Å². The Morgan fingerprint density at radius 2 is 1.96 bits per heavy atom. The minimum atomic E-state index is 0.0140. The summed E-state index contributed by atoms with van der Waals surface area (Å²) in [5.74, 6) is 1.35. The van der Waals surface area contributed by atoms with E-state index < -0.39 is 0 Å². The molecule has 0 fully saturated rings. The Hall–Kier alpha value is -1.98. The first-order valence-corrected chi connectivity index (χ1v) is 10.2. The maximum absolute atomic E-state index is 12.7. The SMILES string of the molecule is CC[C@@H](C)Cc1c(C)sc2nc(C[NH+](C)Cc3ccccc3)[nH]c(=O)c12. The van der Waals surface area contributed by atoms with Crippen molar-refractivity contribution in [1.82, 2.24) is 9.97 Å². The van der Waals surface area contributed by atoms with Gasteiger partial charge in [-0.3, -0.25) is 4.79 Å². The van der Waals surface area contributed by atoms with E-state index in [1.807, 2.05) is 6.07 Å². The lowest BCUT2D eigenvalue weighted by Gasteiger charge is -2.13. The van der Waals surface area contributed by atoms with Crippen molar-refractivity contribution in [3.63, 3.8) is 0 Å². The van der Waals surface area contributed by atoms with Crippen molar-refractivity contribution >= 4 is 21.6 Å². The van der Waals surface area contributed by atoms with Crippen LogP contribution in [0.2, 0.25) is 0 Å². The van der Waals surface area contributed by atoms with E-state index in [2.05, 4.69) is 57.1 Å². The zero-order chi connectivity index (χ0) is 18.7. The summed E-state index contributed by atoms with van der Waals surface area (Å²) in [6.07, 6.45) is 2.07. The average Bonchev–Trinajstić information content (AvgIpc) is 2.91. The smallest absolute Gasteiger partial charge is 0.260 e. The Morgan fingerprint density at radius 1 is 1.23 bits per heavy atom. The van der Waals surface area contributed by atoms with Gasteiger partial charge in [0.25, 0.3) is 5.56 Å². The van der Waals surface area contributed by atoms with Gasteiger partial charge < -0.3 is 9.88 Å². The third kappa shape index (κ3) is 4.22. The highest BCUT2D eigenvalue weighted by Gasteiger charge is 2.17. The van der Waals surface area contributed by atoms with Gasteiger partial charge in [0.2, 0.25) is 0 Å². The molecule has 138 valence electrons. The molecular formula is C21H28N3OS+. The summed E-state index contributed by atoms with van der Waals surface area (Å²) in [6.45, 7) is 8.15. The predicted molar refractivity (Wildman–Crippen MR) is 109 cm³/mol. The highest BCUT2D eigenvalue weighted by atomic mass is 32.1. The lowest BCUT2D eigenvalue weighted by molar-refractivity contribution is -0.908. The number of quaternary nitrogens is 1. The van der Waals surface area contributed by atoms with Crippen LogP contribution in [0.4, 0.5) is 0 Å². The third-order valence-corrected chi connectivity index (χ3v) is 6.02. The van der Waals surface area contributed by atoms with Gasteiger partial charge in [-0.25, -0.2) is 4.98 Å². The van der Waals surface area contributed by atoms with Gasteiger partial charge in [0.1, 0.15) is 17.9 Å². The van der Waals surface area contributed by atoms with Crippen LogP contribution in [-0.4, -0.2) is 17.0 Å². The molecule has 2 heterocycles. The van der Waals surface area contributed by atoms with E-state index in [0.29, 0.717) is 12.5 Å². The van der Waals surface area contributed by atoms with E-state index in [-0.39, 0.29) is 5.56 Å². The predicted octanol–water partition coefficient (Wildman–Crippen LogP) is 3.10. The van der Waals surface area contributed by atoms with Gasteiger partial charge in [-0.2, -0.15) is 0 Å². The molecule has 4 nitrogen and oxygen atoms in total. The first kappa shape index (κ1) is 18.8. The molecule has 0 amide bonds. The summed E-state index contributed by atoms with van der Waals surface area (Å²) in [7, 11) is 2.13. The molecule has 3 rings (SSSR count). The molecule has 2 N–H and O–H groups in total. The van der Waals surface area contributed by atoms with Gasteiger partial charge >= 0.3 is 0 Å². The second-order valence-corrected chi connectivity index (χ2v) is 8.55. The summed E-state index contributed by atoms with van der Waals surface area (Å²) < 4.78 is 0. The fraction of sp³-hybridized carbons (Fsp3) is 0.429. The van der Waals surface area contributed by atoms with Gasteiger partial charge in [-0.15, -0.1) is 11.3 Å². The lowest BCUT2D eigenvalue weighted by Crippen LogP contribution is -3.06. The number of fused-ring (bicyclic) bond motifs is 1. The molecule has 0 spiro atoms. The second kappa shape index (κ2) is 8.14. The Kier molecular flexibility index (Phi) is 5.89. The fourth-order valence-corrected chi connectivity index (χ4v) is 4.41. The van der Waals surface area contributed by atoms with E-state index in [4.69, 9.17) is 4.98 Å². The minimum Gasteiger partial charge on any atom is -0.327 e. The molecule has 0 saturated carbocycles. The number of nitrogens with zero attached hydrogens (tertiary/aromatic N) is 1. The third-order valence-electron chi connectivity index (χ3n) is 4.98. The maximum Gasteiger partial charge on any atom is 0.260 e. The standard InChI is InChI=1S/C21H27N3OS/c1-5-14(2)11-17-15(3)26-21-19(17)20(25)22-18(23-21)13-24(4)12-16-9-7-6-8-10-16/h6-10,14H,5,11-13H2,1-4H3,(H,22,23,25)/p+1/t14-/m1/s1. The first-order valence-electron chi connectivity index (χ1n) is 9.34. The summed E-state index contributed by atoms with van der Waals surface area (Å²) in [4.78, 5) is 24.0. The van der Waals surface area contributed by atoms with Crippen LogP contribution < -0.4 is 10.5 Å². The number of aryl methyl sites for hydroxylation is 1. The van der Waals surface area contributed by atoms with Crippen molar-refractivity contribution in [2.75, 3.05) is 7.05 Å². The second-order valence-electron chi connectivity index (χ2n) is 7.34. The number of thiophene rings is 1. The molecule has 26 heavy (non-hydrogen) atoms. The molecule has 1 unspecified atom stereocenters. The fourth-order valence-electron chi connectivity index (χ4n) is 3.33. The van der Waals surface area contributed by atoms with Crippen LogP contribution in [0.15, 0.2) is 35.1 Å². The van der Waals surface area contributed by atoms with E-state index in [1.54, 1.807) is 11.3 Å². The summed E-state index contributed by atoms with van der Waals surface area (Å²) >= 11 is 1.65. The zero-order valence-corrected chi connectivity index (χ0v) is 16.9. The number of H-pyrrole nitrogens is 1. The van der Waals surface area contributed by atoms with E-state index >= 15 is 0 Å². The molecule has 0 aliphatic heterocycles. The van der Waals surface area contributed by atoms with Crippen molar-refractivity contribution in [3.05, 3.63) is 62.5 Å². The summed E-state index contributed by atoms with van der Waals surface area (Å²) in [6, 6.07) is 10.4. The van der Waals surface area contributed by atoms with E-state index in [1.165, 1.54) is 20.9 Å². The summed E-state index contributed by atoms with van der Waals surface area (Å²) in [5, 5.41) is 0.803. The number of aromatic amines is 1. The van der Waals surface area contributed by atoms with Crippen molar-refractivity contribution in [3.8, 4) is 0 Å². The number of rotatable bonds is 7. The maximum atomic E-state index is 12.7. The molecule has 0 radical (unpaired) electrons. The number of nitrogens with one attached hydrogen (secondary N) is 2. The van der Waals surface area contributed by atoms with Crippen LogP contribution in [-0.2, 0) is 19.5 Å². The Labute approximate surface area is 158 Å². The van der Waals surface area contributed by atoms with Gasteiger partial charge in [-0.05, 0) is 24.8 Å². The molecule has 2 atom stereocenters. The first-order chi connectivity index (χ1) is 12.5. The number of hydrogen-bond acceptors (Lipinski definition) is 3. The Morgan fingerprint density at radius 3 is 2.65 bits per heavy atom. The monoisotopic (exact) mass is 370 g/mol. The van der Waals surface area contributed by atoms with Crippen molar-refractivity contribution in [1.29, 1.82) is 0 Å². The molecule has 0 bridgehead atoms. The Balaban J connectivity index is 1.84. The van der Waals surface area contributed by atoms with Crippen LogP contribution in [0.3, 0.4) is 0 Å². The molecular weight excluding hydrogens is 342 g/mol. The van der Waals surface area contributed by atoms with Crippen molar-refractivity contribution < 1.29 is 4.90 Å². The number of benzene rings is 1. The van der Waals surface area contributed by atoms with Gasteiger partial charge in [0, 0.05) is 10.4 Å². The zero-order valence-electron chi connectivity index (χ0n) is 16.1. The highest BCUT2D eigenvalue weighted by Crippen LogP contribution is 2.29. The van der Waals surface area contributed by atoms with E-state index in [0.717, 1.165) is 35.4 Å². The molecule has 0 aliphatic carbocycles. The molecule has 0 saturated heterocycles. The lowest BCUT2D eigenvalue weighted by atomic mass is 9.98. The van der Waals surface area contributed by atoms with Crippen LogP contribution in [0, 0.1) is 12.8 Å². The van der Waals surface area contributed by atoms with Crippen molar-refractivity contribution in [2.24, 2.45) is 5.92 Å². The number of hydrogen-bond donors (Lipinski definition) is 2. The average molecular weight is 371 g/mol. The highest BCUT2D eigenvalue weighted by molar-refractivity contribution is 7.18. The van der Waals surface area contributed by atoms with Crippen LogP contribution in [0.25, 0.3) is 10.2 Å². The molecule has 3 aromatic rings. The largest absolute Gasteiger partial charge is 0.327 e. The summed E-state index contributed by atoms with van der Waals surface area (Å²) in [5.41, 5.74) is 2.49. The topological polar surface area (TPSA) is 50.2 Å². The molecule has 1 aromatic carbocycles. The molecule has 0 aliphatic rings. The van der Waals surface area contributed by atoms with Crippen LogP contribution in [0.5, 0.6) is 0 Å². The van der Waals surface area contributed by atoms with Gasteiger partial charge in [-0.1, -0.05) is 50.6 Å². The Bertz CT molecular complexity index is 930. The van der Waals surface area contributed by atoms with Gasteiger partial charge in [0.05, 0.1) is 12.4 Å². The molecule has 5 heteroatoms.